The summed E-state index contributed by atoms with van der Waals surface area (Å²) in [6.45, 7) is 0.150. The van der Waals surface area contributed by atoms with Crippen LogP contribution in [0.5, 0.6) is 11.5 Å². The molecule has 0 aromatic heterocycles. The van der Waals surface area contributed by atoms with E-state index in [1.165, 1.54) is 18.1 Å². The van der Waals surface area contributed by atoms with Crippen LogP contribution < -0.4 is 9.47 Å². The minimum atomic E-state index is -0.591. The first-order chi connectivity index (χ1) is 13.0. The molecule has 0 aliphatic heterocycles. The van der Waals surface area contributed by atoms with Crippen LogP contribution in [-0.4, -0.2) is 44.7 Å². The molecule has 0 N–H and O–H groups in total. The quantitative estimate of drug-likeness (QED) is 0.529. The van der Waals surface area contributed by atoms with Crippen LogP contribution >= 0.6 is 0 Å². The van der Waals surface area contributed by atoms with Gasteiger partial charge in [0.25, 0.3) is 5.91 Å². The fraction of sp³-hybridized carbons (Fsp3) is 0.238. The van der Waals surface area contributed by atoms with E-state index in [0.717, 1.165) is 11.1 Å². The van der Waals surface area contributed by atoms with E-state index < -0.39 is 5.97 Å². The van der Waals surface area contributed by atoms with Crippen LogP contribution in [-0.2, 0) is 20.9 Å². The van der Waals surface area contributed by atoms with Crippen molar-refractivity contribution < 1.29 is 23.8 Å². The van der Waals surface area contributed by atoms with Gasteiger partial charge in [0, 0.05) is 19.7 Å². The number of methoxy groups -OCH3 is 2. The first-order valence-electron chi connectivity index (χ1n) is 8.38. The van der Waals surface area contributed by atoms with Crippen molar-refractivity contribution >= 4 is 18.0 Å². The Morgan fingerprint density at radius 3 is 2.37 bits per heavy atom. The van der Waals surface area contributed by atoms with Crippen molar-refractivity contribution in [2.45, 2.75) is 6.54 Å². The molecule has 0 heterocycles. The Morgan fingerprint density at radius 2 is 1.70 bits per heavy atom. The average Bonchev–Trinajstić information content (AvgIpc) is 2.70. The van der Waals surface area contributed by atoms with E-state index in [9.17, 15) is 9.59 Å². The number of rotatable bonds is 8. The topological polar surface area (TPSA) is 65.1 Å². The highest BCUT2D eigenvalue weighted by Crippen LogP contribution is 2.27. The molecule has 0 saturated heterocycles. The van der Waals surface area contributed by atoms with E-state index in [0.29, 0.717) is 18.0 Å². The van der Waals surface area contributed by atoms with E-state index in [4.69, 9.17) is 14.2 Å². The van der Waals surface area contributed by atoms with Gasteiger partial charge in [0.1, 0.15) is 0 Å². The fourth-order valence-corrected chi connectivity index (χ4v) is 2.36. The molecular weight excluding hydrogens is 346 g/mol. The van der Waals surface area contributed by atoms with Crippen LogP contribution in [0, 0.1) is 0 Å². The second kappa shape index (κ2) is 10.0. The minimum Gasteiger partial charge on any atom is -0.493 e. The molecule has 0 atom stereocenters. The first-order valence-corrected chi connectivity index (χ1v) is 8.38. The zero-order valence-electron chi connectivity index (χ0n) is 15.7. The van der Waals surface area contributed by atoms with Gasteiger partial charge in [0.05, 0.1) is 14.2 Å². The smallest absolute Gasteiger partial charge is 0.331 e. The predicted octanol–water partition coefficient (Wildman–Crippen LogP) is 2.92. The molecule has 0 aliphatic rings. The number of nitrogens with zero attached hydrogens (tertiary/aromatic N) is 1. The Morgan fingerprint density at radius 1 is 1.00 bits per heavy atom. The number of esters is 1. The van der Waals surface area contributed by atoms with Crippen LogP contribution in [0.4, 0.5) is 0 Å². The Labute approximate surface area is 159 Å². The number of ether oxygens (including phenoxy) is 3. The number of hydrogen-bond donors (Lipinski definition) is 0. The number of carbonyl (C=O) groups is 2. The number of benzene rings is 2. The molecule has 0 spiro atoms. The zero-order valence-corrected chi connectivity index (χ0v) is 15.7. The van der Waals surface area contributed by atoms with Gasteiger partial charge >= 0.3 is 5.97 Å². The van der Waals surface area contributed by atoms with Gasteiger partial charge in [-0.3, -0.25) is 4.79 Å². The first kappa shape index (κ1) is 20.0. The zero-order chi connectivity index (χ0) is 19.6. The summed E-state index contributed by atoms with van der Waals surface area (Å²) in [5.74, 6) is 0.299. The molecule has 27 heavy (non-hydrogen) atoms. The van der Waals surface area contributed by atoms with Crippen molar-refractivity contribution in [2.75, 3.05) is 27.9 Å². The van der Waals surface area contributed by atoms with E-state index in [-0.39, 0.29) is 12.5 Å². The predicted molar refractivity (Wildman–Crippen MR) is 102 cm³/mol. The lowest BCUT2D eigenvalue weighted by Crippen LogP contribution is -2.30. The van der Waals surface area contributed by atoms with Crippen molar-refractivity contribution in [3.63, 3.8) is 0 Å². The molecule has 0 saturated carbocycles. The lowest BCUT2D eigenvalue weighted by atomic mass is 10.2. The van der Waals surface area contributed by atoms with Gasteiger partial charge in [-0.1, -0.05) is 36.4 Å². The van der Waals surface area contributed by atoms with Crippen LogP contribution in [0.25, 0.3) is 6.08 Å². The molecule has 0 fully saturated rings. The van der Waals surface area contributed by atoms with Gasteiger partial charge in [-0.25, -0.2) is 4.79 Å². The maximum absolute atomic E-state index is 12.1. The summed E-state index contributed by atoms with van der Waals surface area (Å²) in [6.07, 6.45) is 2.86. The lowest BCUT2D eigenvalue weighted by Gasteiger charge is -2.16. The SMILES string of the molecule is COc1ccc(/C=C/C(=O)OCC(=O)N(C)Cc2ccccc2)cc1OC. The number of amides is 1. The van der Waals surface area contributed by atoms with E-state index in [1.807, 2.05) is 30.3 Å². The molecule has 1 amide bonds. The van der Waals surface area contributed by atoms with Crippen LogP contribution in [0.15, 0.2) is 54.6 Å². The molecule has 0 aliphatic carbocycles. The second-order valence-electron chi connectivity index (χ2n) is 5.79. The van der Waals surface area contributed by atoms with Gasteiger partial charge < -0.3 is 19.1 Å². The summed E-state index contributed by atoms with van der Waals surface area (Å²) >= 11 is 0. The molecule has 0 radical (unpaired) electrons. The third-order valence-corrected chi connectivity index (χ3v) is 3.85. The summed E-state index contributed by atoms with van der Waals surface area (Å²) in [5.41, 5.74) is 1.75. The third-order valence-electron chi connectivity index (χ3n) is 3.85. The molecular formula is C21H23NO5. The molecule has 6 heteroatoms. The van der Waals surface area contributed by atoms with Crippen molar-refractivity contribution in [1.29, 1.82) is 0 Å². The van der Waals surface area contributed by atoms with Gasteiger partial charge in [0.15, 0.2) is 18.1 Å². The summed E-state index contributed by atoms with van der Waals surface area (Å²) in [5, 5.41) is 0. The van der Waals surface area contributed by atoms with Crippen LogP contribution in [0.3, 0.4) is 0 Å². The minimum absolute atomic E-state index is 0.272. The summed E-state index contributed by atoms with van der Waals surface area (Å²) in [6, 6.07) is 14.9. The van der Waals surface area contributed by atoms with Crippen molar-refractivity contribution in [3.8, 4) is 11.5 Å². The van der Waals surface area contributed by atoms with Gasteiger partial charge in [-0.15, -0.1) is 0 Å². The van der Waals surface area contributed by atoms with Crippen molar-refractivity contribution in [2.24, 2.45) is 0 Å². The van der Waals surface area contributed by atoms with E-state index in [2.05, 4.69) is 0 Å². The lowest BCUT2D eigenvalue weighted by molar-refractivity contribution is -0.147. The van der Waals surface area contributed by atoms with Gasteiger partial charge in [-0.2, -0.15) is 0 Å². The molecule has 0 unspecified atom stereocenters. The highest BCUT2D eigenvalue weighted by Gasteiger charge is 2.11. The Hall–Kier alpha value is -3.28. The molecule has 6 nitrogen and oxygen atoms in total. The Balaban J connectivity index is 1.84. The summed E-state index contributed by atoms with van der Waals surface area (Å²) in [7, 11) is 4.76. The fourth-order valence-electron chi connectivity index (χ4n) is 2.36. The maximum atomic E-state index is 12.1. The maximum Gasteiger partial charge on any atom is 0.331 e. The number of hydrogen-bond acceptors (Lipinski definition) is 5. The second-order valence-corrected chi connectivity index (χ2v) is 5.79. The molecule has 2 aromatic rings. The van der Waals surface area contributed by atoms with E-state index >= 15 is 0 Å². The largest absolute Gasteiger partial charge is 0.493 e. The molecule has 2 aromatic carbocycles. The number of likely N-dealkylation sites (N-methyl/N-ethyl adjacent to an activating group) is 1. The van der Waals surface area contributed by atoms with Crippen molar-refractivity contribution in [1.82, 2.24) is 4.90 Å². The number of carbonyl (C=O) groups excluding carboxylic acids is 2. The van der Waals surface area contributed by atoms with E-state index in [1.54, 1.807) is 38.4 Å². The van der Waals surface area contributed by atoms with Crippen molar-refractivity contribution in [3.05, 3.63) is 65.7 Å². The third kappa shape index (κ3) is 6.18. The highest BCUT2D eigenvalue weighted by molar-refractivity contribution is 5.89. The molecule has 142 valence electrons. The summed E-state index contributed by atoms with van der Waals surface area (Å²) < 4.78 is 15.4. The normalized spacial score (nSPS) is 10.5. The Kier molecular flexibility index (Phi) is 7.43. The standard InChI is InChI=1S/C21H23NO5/c1-22(14-17-7-5-4-6-8-17)20(23)15-27-21(24)12-10-16-9-11-18(25-2)19(13-16)26-3/h4-13H,14-15H2,1-3H3/b12-10+. The summed E-state index contributed by atoms with van der Waals surface area (Å²) in [4.78, 5) is 25.4. The molecule has 0 bridgehead atoms. The average molecular weight is 369 g/mol. The van der Waals surface area contributed by atoms with Gasteiger partial charge in [-0.05, 0) is 29.3 Å². The molecule has 2 rings (SSSR count). The Bertz CT molecular complexity index is 801. The highest BCUT2D eigenvalue weighted by atomic mass is 16.5. The van der Waals surface area contributed by atoms with Gasteiger partial charge in [0.2, 0.25) is 0 Å². The van der Waals surface area contributed by atoms with Crippen LogP contribution in [0.2, 0.25) is 0 Å². The van der Waals surface area contributed by atoms with Crippen LogP contribution in [0.1, 0.15) is 11.1 Å². The monoisotopic (exact) mass is 369 g/mol.